The molecule has 13 heteroatoms. The van der Waals surface area contributed by atoms with Crippen LogP contribution in [0, 0.1) is 47.1 Å². The van der Waals surface area contributed by atoms with Crippen LogP contribution in [0.25, 0.3) is 0 Å². The molecule has 6 rings (SSSR count). The number of nitro groups is 1. The lowest BCUT2D eigenvalue weighted by atomic mass is 9.55. The van der Waals surface area contributed by atoms with Crippen molar-refractivity contribution in [2.24, 2.45) is 28.3 Å². The van der Waals surface area contributed by atoms with Gasteiger partial charge in [0.05, 0.1) is 29.8 Å². The van der Waals surface area contributed by atoms with Crippen LogP contribution in [0.3, 0.4) is 0 Å². The number of carbonyl (C=O) groups is 1. The molecule has 3 aromatic rings. The van der Waals surface area contributed by atoms with E-state index >= 15 is 0 Å². The topological polar surface area (TPSA) is 162 Å². The zero-order chi connectivity index (χ0) is 44.6. The molecule has 0 spiro atoms. The highest BCUT2D eigenvalue weighted by molar-refractivity contribution is 6.03. The Balaban J connectivity index is 1.54. The summed E-state index contributed by atoms with van der Waals surface area (Å²) in [6.45, 7) is 14.6. The molecule has 0 bridgehead atoms. The van der Waals surface area contributed by atoms with Crippen LogP contribution in [0.5, 0.6) is 17.2 Å². The van der Waals surface area contributed by atoms with Crippen molar-refractivity contribution in [1.29, 1.82) is 0 Å². The van der Waals surface area contributed by atoms with Gasteiger partial charge >= 0.3 is 6.09 Å². The van der Waals surface area contributed by atoms with Crippen molar-refractivity contribution in [3.63, 3.8) is 0 Å². The average molecular weight is 854 g/mol. The Labute approximate surface area is 365 Å². The number of nitro benzene ring substituents is 1. The Kier molecular flexibility index (Phi) is 15.1. The molecule has 6 atom stereocenters. The van der Waals surface area contributed by atoms with Gasteiger partial charge in [0.1, 0.15) is 29.9 Å². The molecule has 0 saturated heterocycles. The summed E-state index contributed by atoms with van der Waals surface area (Å²) < 4.78 is 26.7. The monoisotopic (exact) mass is 853 g/mol. The molecule has 0 radical (unpaired) electrons. The second-order valence-corrected chi connectivity index (χ2v) is 18.0. The molecule has 1 amide bonds. The van der Waals surface area contributed by atoms with Gasteiger partial charge in [-0.1, -0.05) is 57.0 Å². The van der Waals surface area contributed by atoms with Gasteiger partial charge in [0.25, 0.3) is 5.69 Å². The third-order valence-corrected chi connectivity index (χ3v) is 12.3. The third kappa shape index (κ3) is 10.5. The zero-order valence-electron chi connectivity index (χ0n) is 37.0. The summed E-state index contributed by atoms with van der Waals surface area (Å²) >= 11 is 0. The molecule has 3 aliphatic rings. The van der Waals surface area contributed by atoms with Crippen LogP contribution in [-0.4, -0.2) is 77.1 Å². The highest BCUT2D eigenvalue weighted by Crippen LogP contribution is 2.62. The fraction of sp³-hybridized carbons (Fsp3) is 0.510. The minimum Gasteiger partial charge on any atom is -0.459 e. The summed E-state index contributed by atoms with van der Waals surface area (Å²) in [6, 6.07) is 17.3. The number of aliphatic hydroxyl groups excluding tert-OH is 2. The molecule has 1 fully saturated rings. The SMILES string of the molecule is C=CCOC12Oc3ccc(Oc4ccc(C)c(C)c4)cc3C3C(CCCCO)C(CCCCO)C=C(C(=NOCc4ccc([N+](=O)[O-])cc4)CC1N(C)C(=O)OCC(C)(C)C)C32. The molecule has 2 N–H and O–H groups in total. The summed E-state index contributed by atoms with van der Waals surface area (Å²) in [5.41, 5.74) is 5.12. The minimum absolute atomic E-state index is 0.0215. The van der Waals surface area contributed by atoms with Gasteiger partial charge in [-0.15, -0.1) is 6.58 Å². The number of aliphatic hydroxyl groups is 2. The van der Waals surface area contributed by atoms with Crippen LogP contribution < -0.4 is 9.47 Å². The van der Waals surface area contributed by atoms with Crippen LogP contribution in [0.1, 0.15) is 93.9 Å². The maximum atomic E-state index is 14.1. The lowest BCUT2D eigenvalue weighted by molar-refractivity contribution is -0.384. The zero-order valence-corrected chi connectivity index (χ0v) is 37.0. The van der Waals surface area contributed by atoms with Crippen molar-refractivity contribution < 1.29 is 43.7 Å². The highest BCUT2D eigenvalue weighted by atomic mass is 16.7. The quantitative estimate of drug-likeness (QED) is 0.0514. The second-order valence-electron chi connectivity index (χ2n) is 18.0. The van der Waals surface area contributed by atoms with Crippen LogP contribution in [0.15, 0.2) is 90.1 Å². The average Bonchev–Trinajstić information content (AvgIpc) is 3.24. The summed E-state index contributed by atoms with van der Waals surface area (Å²) in [6.07, 6.45) is 8.06. The van der Waals surface area contributed by atoms with Crippen molar-refractivity contribution in [2.45, 2.75) is 104 Å². The molecule has 1 heterocycles. The number of oxime groups is 1. The highest BCUT2D eigenvalue weighted by Gasteiger charge is 2.65. The number of ether oxygens (including phenoxy) is 4. The first-order chi connectivity index (χ1) is 29.7. The smallest absolute Gasteiger partial charge is 0.410 e. The number of amides is 1. The van der Waals surface area contributed by atoms with Crippen molar-refractivity contribution >= 4 is 17.5 Å². The molecule has 1 aliphatic heterocycles. The van der Waals surface area contributed by atoms with E-state index < -0.39 is 28.8 Å². The maximum Gasteiger partial charge on any atom is 0.410 e. The first-order valence-corrected chi connectivity index (χ1v) is 21.8. The number of likely N-dealkylation sites (N-methyl/N-ethyl adjacent to an activating group) is 1. The first-order valence-electron chi connectivity index (χ1n) is 21.8. The minimum atomic E-state index is -1.44. The molecule has 62 heavy (non-hydrogen) atoms. The van der Waals surface area contributed by atoms with Crippen molar-refractivity contribution in [2.75, 3.05) is 33.5 Å². The normalized spacial score (nSPS) is 23.3. The van der Waals surface area contributed by atoms with Crippen molar-refractivity contribution in [1.82, 2.24) is 4.90 Å². The summed E-state index contributed by atoms with van der Waals surface area (Å²) in [7, 11) is 1.70. The number of fused-ring (bicyclic) bond motifs is 2. The Hall–Kier alpha value is -5.24. The Bertz CT molecular complexity index is 2110. The fourth-order valence-corrected chi connectivity index (χ4v) is 9.11. The summed E-state index contributed by atoms with van der Waals surface area (Å²) in [5.74, 6) is -0.160. The molecule has 1 saturated carbocycles. The van der Waals surface area contributed by atoms with E-state index in [-0.39, 0.29) is 68.3 Å². The van der Waals surface area contributed by atoms with Crippen LogP contribution >= 0.6 is 0 Å². The molecule has 2 aliphatic carbocycles. The van der Waals surface area contributed by atoms with Gasteiger partial charge in [-0.25, -0.2) is 4.79 Å². The van der Waals surface area contributed by atoms with Gasteiger partial charge < -0.3 is 38.9 Å². The van der Waals surface area contributed by atoms with E-state index in [9.17, 15) is 25.1 Å². The molecule has 0 aromatic heterocycles. The number of nitrogens with zero attached hydrogens (tertiary/aromatic N) is 3. The predicted molar refractivity (Wildman–Crippen MR) is 237 cm³/mol. The Morgan fingerprint density at radius 2 is 1.69 bits per heavy atom. The fourth-order valence-electron chi connectivity index (χ4n) is 9.11. The van der Waals surface area contributed by atoms with E-state index in [0.717, 1.165) is 42.4 Å². The number of benzene rings is 3. The molecule has 13 nitrogen and oxygen atoms in total. The van der Waals surface area contributed by atoms with Gasteiger partial charge in [-0.05, 0) is 122 Å². The molecule has 3 aromatic carbocycles. The van der Waals surface area contributed by atoms with E-state index in [1.54, 1.807) is 30.2 Å². The lowest BCUT2D eigenvalue weighted by Crippen LogP contribution is -2.69. The molecular weight excluding hydrogens is 791 g/mol. The third-order valence-electron chi connectivity index (χ3n) is 12.3. The van der Waals surface area contributed by atoms with Gasteiger partial charge in [0.15, 0.2) is 0 Å². The standard InChI is InChI=1S/C49H63N3O10/c1-8-25-59-49-44(51(7)47(55)58-31-48(4,5)6)29-42(50-60-30-34-16-18-36(19-17-34)52(56)57)40-27-35(13-9-11-23-53)39(14-10-12-24-54)45(46(40)49)41-28-38(21-22-43(41)62-49)61-37-20-15-32(2)33(3)26-37/h8,15-22,26-28,35,39,44-46,53-54H,1,9-14,23-25,29-31H2,2-7H3. The second kappa shape index (κ2) is 20.3. The van der Waals surface area contributed by atoms with Gasteiger partial charge in [-0.3, -0.25) is 10.1 Å². The first kappa shape index (κ1) is 46.3. The molecule has 334 valence electrons. The van der Waals surface area contributed by atoms with Crippen molar-refractivity contribution in [3.05, 3.63) is 117 Å². The van der Waals surface area contributed by atoms with Gasteiger partial charge in [0, 0.05) is 50.3 Å². The largest absolute Gasteiger partial charge is 0.459 e. The number of aryl methyl sites for hydroxylation is 2. The predicted octanol–water partition coefficient (Wildman–Crippen LogP) is 9.95. The van der Waals surface area contributed by atoms with E-state index in [1.807, 2.05) is 51.1 Å². The number of non-ortho nitro benzene ring substituents is 1. The van der Waals surface area contributed by atoms with Crippen molar-refractivity contribution in [3.8, 4) is 17.2 Å². The van der Waals surface area contributed by atoms with E-state index in [4.69, 9.17) is 28.9 Å². The van der Waals surface area contributed by atoms with Gasteiger partial charge in [0.2, 0.25) is 5.79 Å². The number of rotatable bonds is 19. The molecular formula is C49H63N3O10. The van der Waals surface area contributed by atoms with E-state index in [1.165, 1.54) is 17.7 Å². The number of unbranched alkanes of at least 4 members (excludes halogenated alkanes) is 2. The number of allylic oxidation sites excluding steroid dienone is 1. The van der Waals surface area contributed by atoms with Crippen LogP contribution in [0.2, 0.25) is 0 Å². The van der Waals surface area contributed by atoms with Gasteiger partial charge in [-0.2, -0.15) is 0 Å². The Morgan fingerprint density at radius 1 is 1.00 bits per heavy atom. The number of hydrogen-bond donors (Lipinski definition) is 2. The summed E-state index contributed by atoms with van der Waals surface area (Å²) in [5, 5.41) is 36.0. The lowest BCUT2D eigenvalue weighted by Gasteiger charge is -2.59. The summed E-state index contributed by atoms with van der Waals surface area (Å²) in [4.78, 5) is 32.7. The van der Waals surface area contributed by atoms with Crippen LogP contribution in [-0.2, 0) is 20.9 Å². The number of carbonyl (C=O) groups excluding carboxylic acids is 1. The molecule has 6 unspecified atom stereocenters. The Morgan fingerprint density at radius 3 is 2.35 bits per heavy atom. The maximum absolute atomic E-state index is 14.1. The van der Waals surface area contributed by atoms with Crippen LogP contribution in [0.4, 0.5) is 10.5 Å². The number of hydrogen-bond acceptors (Lipinski definition) is 11. The van der Waals surface area contributed by atoms with E-state index in [0.29, 0.717) is 41.4 Å². The van der Waals surface area contributed by atoms with E-state index in [2.05, 4.69) is 32.6 Å².